The zero-order valence-corrected chi connectivity index (χ0v) is 26.7. The number of hydrogen-bond acceptors (Lipinski definition) is 5. The van der Waals surface area contributed by atoms with E-state index < -0.39 is 28.5 Å². The molecule has 3 aromatic rings. The Bertz CT molecular complexity index is 1540. The average molecular weight is 626 g/mol. The zero-order chi connectivity index (χ0) is 31.1. The van der Waals surface area contributed by atoms with E-state index >= 15 is 0 Å². The molecule has 4 rings (SSSR count). The second-order valence-corrected chi connectivity index (χ2v) is 13.4. The highest BCUT2D eigenvalue weighted by atomic mass is 35.5. The van der Waals surface area contributed by atoms with Crippen LogP contribution in [0.3, 0.4) is 0 Å². The number of amides is 2. The Kier molecular flexibility index (Phi) is 10.7. The van der Waals surface area contributed by atoms with Crippen molar-refractivity contribution in [1.82, 2.24) is 10.2 Å². The maximum Gasteiger partial charge on any atom is 0.264 e. The standard InChI is InChI=1S/C33H40ClN3O5S/c1-23-13-16-30(17-14-23)43(40,41)37(31-18-15-27(34)19-24(31)2)22-32(38)36(21-26-9-8-12-29(20-26)42-4)25(3)33(39)35-28-10-6-5-7-11-28/h8-9,12-20,25,28H,5-7,10-11,21-22H2,1-4H3,(H,35,39). The summed E-state index contributed by atoms with van der Waals surface area (Å²) < 4.78 is 34.6. The lowest BCUT2D eigenvalue weighted by atomic mass is 9.95. The van der Waals surface area contributed by atoms with Crippen LogP contribution in [0.1, 0.15) is 55.7 Å². The summed E-state index contributed by atoms with van der Waals surface area (Å²) in [6.07, 6.45) is 5.06. The van der Waals surface area contributed by atoms with Crippen molar-refractivity contribution in [1.29, 1.82) is 0 Å². The third-order valence-corrected chi connectivity index (χ3v) is 9.93. The highest BCUT2D eigenvalue weighted by Crippen LogP contribution is 2.30. The molecule has 2 amide bonds. The second-order valence-electron chi connectivity index (χ2n) is 11.1. The number of methoxy groups -OCH3 is 1. The number of ether oxygens (including phenoxy) is 1. The number of nitrogens with zero attached hydrogens (tertiary/aromatic N) is 2. The Labute approximate surface area is 260 Å². The van der Waals surface area contributed by atoms with Crippen molar-refractivity contribution in [3.05, 3.63) is 88.4 Å². The van der Waals surface area contributed by atoms with Gasteiger partial charge >= 0.3 is 0 Å². The molecule has 1 unspecified atom stereocenters. The lowest BCUT2D eigenvalue weighted by Crippen LogP contribution is -2.53. The van der Waals surface area contributed by atoms with Crippen molar-refractivity contribution in [2.24, 2.45) is 0 Å². The first-order valence-corrected chi connectivity index (χ1v) is 16.4. The lowest BCUT2D eigenvalue weighted by Gasteiger charge is -2.33. The number of rotatable bonds is 11. The molecule has 0 saturated heterocycles. The first-order chi connectivity index (χ1) is 20.5. The summed E-state index contributed by atoms with van der Waals surface area (Å²) in [6, 6.07) is 17.8. The van der Waals surface area contributed by atoms with E-state index in [9.17, 15) is 18.0 Å². The number of carbonyl (C=O) groups is 2. The summed E-state index contributed by atoms with van der Waals surface area (Å²) in [5.74, 6) is -0.164. The van der Waals surface area contributed by atoms with Crippen molar-refractivity contribution in [2.45, 2.75) is 76.4 Å². The van der Waals surface area contributed by atoms with Crippen LogP contribution >= 0.6 is 11.6 Å². The predicted octanol–water partition coefficient (Wildman–Crippen LogP) is 6.03. The molecule has 1 aliphatic carbocycles. The van der Waals surface area contributed by atoms with Crippen LogP contribution in [-0.2, 0) is 26.2 Å². The number of hydrogen-bond donors (Lipinski definition) is 1. The average Bonchev–Trinajstić information content (AvgIpc) is 2.99. The quantitative estimate of drug-likeness (QED) is 0.281. The van der Waals surface area contributed by atoms with Crippen LogP contribution in [0.15, 0.2) is 71.6 Å². The van der Waals surface area contributed by atoms with Crippen molar-refractivity contribution in [3.63, 3.8) is 0 Å². The van der Waals surface area contributed by atoms with Gasteiger partial charge in [0.15, 0.2) is 0 Å². The molecule has 1 aliphatic rings. The molecule has 10 heteroatoms. The SMILES string of the molecule is COc1cccc(CN(C(=O)CN(c2ccc(Cl)cc2C)S(=O)(=O)c2ccc(C)cc2)C(C)C(=O)NC2CCCCC2)c1. The maximum atomic E-state index is 14.2. The van der Waals surface area contributed by atoms with Gasteiger partial charge < -0.3 is 15.0 Å². The third-order valence-electron chi connectivity index (χ3n) is 7.92. The minimum Gasteiger partial charge on any atom is -0.497 e. The zero-order valence-electron chi connectivity index (χ0n) is 25.2. The molecule has 0 aliphatic heterocycles. The summed E-state index contributed by atoms with van der Waals surface area (Å²) >= 11 is 6.20. The molecule has 0 aromatic heterocycles. The Morgan fingerprint density at radius 2 is 1.70 bits per heavy atom. The monoisotopic (exact) mass is 625 g/mol. The molecule has 0 heterocycles. The largest absolute Gasteiger partial charge is 0.497 e. The van der Waals surface area contributed by atoms with Crippen LogP contribution < -0.4 is 14.4 Å². The smallest absolute Gasteiger partial charge is 0.264 e. The first kappa shape index (κ1) is 32.4. The molecule has 8 nitrogen and oxygen atoms in total. The van der Waals surface area contributed by atoms with Gasteiger partial charge in [-0.15, -0.1) is 0 Å². The van der Waals surface area contributed by atoms with Crippen LogP contribution in [0.25, 0.3) is 0 Å². The molecule has 1 atom stereocenters. The number of nitrogens with one attached hydrogen (secondary N) is 1. The van der Waals surface area contributed by atoms with Gasteiger partial charge in [-0.2, -0.15) is 0 Å². The van der Waals surface area contributed by atoms with Gasteiger partial charge in [0, 0.05) is 17.6 Å². The Hall–Kier alpha value is -3.56. The van der Waals surface area contributed by atoms with E-state index in [1.165, 1.54) is 17.0 Å². The van der Waals surface area contributed by atoms with Crippen molar-refractivity contribution in [3.8, 4) is 5.75 Å². The summed E-state index contributed by atoms with van der Waals surface area (Å²) in [6.45, 7) is 4.88. The van der Waals surface area contributed by atoms with Crippen LogP contribution in [0.2, 0.25) is 5.02 Å². The summed E-state index contributed by atoms with van der Waals surface area (Å²) in [7, 11) is -2.60. The van der Waals surface area contributed by atoms with Gasteiger partial charge in [0.05, 0.1) is 17.7 Å². The van der Waals surface area contributed by atoms with E-state index in [4.69, 9.17) is 16.3 Å². The lowest BCUT2D eigenvalue weighted by molar-refractivity contribution is -0.139. The third kappa shape index (κ3) is 8.09. The number of anilines is 1. The van der Waals surface area contributed by atoms with Gasteiger partial charge in [-0.1, -0.05) is 60.7 Å². The van der Waals surface area contributed by atoms with Crippen LogP contribution in [0.5, 0.6) is 5.75 Å². The fraction of sp³-hybridized carbons (Fsp3) is 0.394. The van der Waals surface area contributed by atoms with Gasteiger partial charge in [0.25, 0.3) is 10.0 Å². The Balaban J connectivity index is 1.71. The molecule has 0 bridgehead atoms. The van der Waals surface area contributed by atoms with E-state index in [0.29, 0.717) is 22.0 Å². The summed E-state index contributed by atoms with van der Waals surface area (Å²) in [5.41, 5.74) is 2.59. The van der Waals surface area contributed by atoms with Crippen LogP contribution in [0.4, 0.5) is 5.69 Å². The van der Waals surface area contributed by atoms with E-state index in [-0.39, 0.29) is 23.4 Å². The molecule has 0 spiro atoms. The number of sulfonamides is 1. The highest BCUT2D eigenvalue weighted by molar-refractivity contribution is 7.92. The van der Waals surface area contributed by atoms with E-state index in [1.54, 1.807) is 63.4 Å². The van der Waals surface area contributed by atoms with Gasteiger partial charge in [-0.25, -0.2) is 8.42 Å². The minimum absolute atomic E-state index is 0.0580. The predicted molar refractivity (Wildman–Crippen MR) is 170 cm³/mol. The molecule has 1 N–H and O–H groups in total. The number of carbonyl (C=O) groups excluding carboxylic acids is 2. The molecule has 0 radical (unpaired) electrons. The summed E-state index contributed by atoms with van der Waals surface area (Å²) in [5, 5.41) is 3.57. The van der Waals surface area contributed by atoms with Crippen molar-refractivity contribution < 1.29 is 22.7 Å². The topological polar surface area (TPSA) is 96.0 Å². The molecule has 1 fully saturated rings. The van der Waals surface area contributed by atoms with Gasteiger partial charge in [0.1, 0.15) is 18.3 Å². The fourth-order valence-corrected chi connectivity index (χ4v) is 7.07. The Morgan fingerprint density at radius 1 is 1.00 bits per heavy atom. The fourth-order valence-electron chi connectivity index (χ4n) is 5.37. The van der Waals surface area contributed by atoms with Crippen molar-refractivity contribution >= 4 is 39.1 Å². The molecular formula is C33H40ClN3O5S. The molecule has 3 aromatic carbocycles. The van der Waals surface area contributed by atoms with Crippen molar-refractivity contribution in [2.75, 3.05) is 18.0 Å². The highest BCUT2D eigenvalue weighted by Gasteiger charge is 2.34. The molecule has 1 saturated carbocycles. The van der Waals surface area contributed by atoms with Gasteiger partial charge in [-0.05, 0) is 87.2 Å². The normalized spacial score (nSPS) is 14.5. The minimum atomic E-state index is -4.16. The molecule has 230 valence electrons. The Morgan fingerprint density at radius 3 is 2.35 bits per heavy atom. The second kappa shape index (κ2) is 14.3. The van der Waals surface area contributed by atoms with E-state index in [1.807, 2.05) is 19.1 Å². The number of halogens is 1. The van der Waals surface area contributed by atoms with E-state index in [2.05, 4.69) is 5.32 Å². The van der Waals surface area contributed by atoms with Crippen LogP contribution in [-0.4, -0.2) is 50.9 Å². The maximum absolute atomic E-state index is 14.2. The first-order valence-electron chi connectivity index (χ1n) is 14.6. The van der Waals surface area contributed by atoms with Gasteiger partial charge in [-0.3, -0.25) is 13.9 Å². The summed E-state index contributed by atoms with van der Waals surface area (Å²) in [4.78, 5) is 29.2. The van der Waals surface area contributed by atoms with Crippen LogP contribution in [0, 0.1) is 13.8 Å². The molecule has 43 heavy (non-hydrogen) atoms. The van der Waals surface area contributed by atoms with E-state index in [0.717, 1.165) is 47.5 Å². The molecular weight excluding hydrogens is 586 g/mol. The van der Waals surface area contributed by atoms with Gasteiger partial charge in [0.2, 0.25) is 11.8 Å². The number of aryl methyl sites for hydroxylation is 2. The number of benzene rings is 3.